The van der Waals surface area contributed by atoms with E-state index in [1.165, 1.54) is 0 Å². The number of unbranched alkanes of at least 4 members (excludes halogenated alkanes) is 1. The van der Waals surface area contributed by atoms with Gasteiger partial charge < -0.3 is 20.8 Å². The van der Waals surface area contributed by atoms with E-state index in [-0.39, 0.29) is 11.4 Å². The summed E-state index contributed by atoms with van der Waals surface area (Å²) >= 11 is 0. The number of hydroxylamine groups is 2. The Bertz CT molecular complexity index is 560. The van der Waals surface area contributed by atoms with Gasteiger partial charge in [0.05, 0.1) is 13.2 Å². The number of aliphatic imine (C=N–C) groups is 1. The lowest BCUT2D eigenvalue weighted by Crippen LogP contribution is -2.54. The standard InChI is InChI=1S/C12H23N5O5S.H2O/c1-2-3-4-14-10-9-11(16-5-7-21-8-6-16)15-12(13)17(10)22-23(18,19)20;/h9-10,14H,2-8H2,1H3,(H2,13,15)(H,18,19,20);1H2. The second-order valence-corrected chi connectivity index (χ2v) is 6.18. The first-order valence-electron chi connectivity index (χ1n) is 7.49. The number of nitrogens with zero attached hydrogens (tertiary/aromatic N) is 3. The Morgan fingerprint density at radius 3 is 2.75 bits per heavy atom. The van der Waals surface area contributed by atoms with E-state index in [1.54, 1.807) is 6.08 Å². The molecule has 2 rings (SSSR count). The summed E-state index contributed by atoms with van der Waals surface area (Å²) in [6, 6.07) is 0. The molecular formula is C12H25N5O6S. The van der Waals surface area contributed by atoms with Crippen molar-refractivity contribution in [3.05, 3.63) is 11.9 Å². The fourth-order valence-corrected chi connectivity index (χ4v) is 2.65. The summed E-state index contributed by atoms with van der Waals surface area (Å²) in [5.41, 5.74) is 5.81. The number of hydrogen-bond acceptors (Lipinski definition) is 9. The fraction of sp³-hybridized carbons (Fsp3) is 0.750. The van der Waals surface area contributed by atoms with Gasteiger partial charge in [-0.15, -0.1) is 4.28 Å². The summed E-state index contributed by atoms with van der Waals surface area (Å²) in [6.45, 7) is 5.19. The lowest BCUT2D eigenvalue weighted by Gasteiger charge is -2.35. The predicted molar refractivity (Wildman–Crippen MR) is 86.9 cm³/mol. The van der Waals surface area contributed by atoms with Crippen molar-refractivity contribution in [3.63, 3.8) is 0 Å². The first-order valence-corrected chi connectivity index (χ1v) is 8.85. The van der Waals surface area contributed by atoms with Crippen molar-refractivity contribution in [1.29, 1.82) is 0 Å². The molecule has 24 heavy (non-hydrogen) atoms. The Labute approximate surface area is 141 Å². The zero-order valence-corrected chi connectivity index (χ0v) is 14.3. The van der Waals surface area contributed by atoms with Crippen LogP contribution in [-0.4, -0.2) is 73.4 Å². The summed E-state index contributed by atoms with van der Waals surface area (Å²) < 4.78 is 40.8. The van der Waals surface area contributed by atoms with Gasteiger partial charge in [0.2, 0.25) is 5.96 Å². The highest BCUT2D eigenvalue weighted by Gasteiger charge is 2.30. The number of hydrogen-bond donors (Lipinski definition) is 3. The highest BCUT2D eigenvalue weighted by atomic mass is 32.3. The van der Waals surface area contributed by atoms with E-state index < -0.39 is 16.6 Å². The predicted octanol–water partition coefficient (Wildman–Crippen LogP) is -1.58. The van der Waals surface area contributed by atoms with E-state index in [0.717, 1.165) is 17.9 Å². The van der Waals surface area contributed by atoms with Crippen LogP contribution in [-0.2, 0) is 19.4 Å². The summed E-state index contributed by atoms with van der Waals surface area (Å²) in [6.07, 6.45) is 2.93. The number of nitrogens with one attached hydrogen (secondary N) is 1. The molecule has 1 saturated heterocycles. The molecule has 0 saturated carbocycles. The molecule has 140 valence electrons. The smallest absolute Gasteiger partial charge is 0.412 e. The lowest BCUT2D eigenvalue weighted by molar-refractivity contribution is -0.0265. The topological polar surface area (TPSA) is 161 Å². The van der Waals surface area contributed by atoms with Gasteiger partial charge in [0.1, 0.15) is 12.0 Å². The van der Waals surface area contributed by atoms with Crippen molar-refractivity contribution >= 4 is 16.4 Å². The quantitative estimate of drug-likeness (QED) is 0.356. The normalized spacial score (nSPS) is 21.8. The van der Waals surface area contributed by atoms with Gasteiger partial charge in [0.25, 0.3) is 0 Å². The molecule has 0 amide bonds. The zero-order chi connectivity index (χ0) is 16.9. The first kappa shape index (κ1) is 20.6. The summed E-state index contributed by atoms with van der Waals surface area (Å²) in [7, 11) is -4.70. The molecule has 0 aliphatic carbocycles. The van der Waals surface area contributed by atoms with Crippen molar-refractivity contribution in [2.24, 2.45) is 10.7 Å². The molecule has 2 heterocycles. The van der Waals surface area contributed by atoms with Crippen LogP contribution in [0.15, 0.2) is 16.9 Å². The van der Waals surface area contributed by atoms with E-state index in [2.05, 4.69) is 14.6 Å². The van der Waals surface area contributed by atoms with E-state index in [9.17, 15) is 8.42 Å². The molecule has 1 atom stereocenters. The van der Waals surface area contributed by atoms with Gasteiger partial charge in [-0.2, -0.15) is 18.5 Å². The van der Waals surface area contributed by atoms with E-state index >= 15 is 0 Å². The van der Waals surface area contributed by atoms with Gasteiger partial charge >= 0.3 is 10.4 Å². The Morgan fingerprint density at radius 2 is 2.17 bits per heavy atom. The molecule has 2 aliphatic rings. The highest BCUT2D eigenvalue weighted by Crippen LogP contribution is 2.18. The largest absolute Gasteiger partial charge is 0.418 e. The van der Waals surface area contributed by atoms with Crippen LogP contribution in [0.1, 0.15) is 19.8 Å². The molecule has 0 spiro atoms. The summed E-state index contributed by atoms with van der Waals surface area (Å²) in [5, 5.41) is 3.97. The second-order valence-electron chi connectivity index (χ2n) is 5.17. The van der Waals surface area contributed by atoms with Crippen LogP contribution in [0.25, 0.3) is 0 Å². The van der Waals surface area contributed by atoms with Gasteiger partial charge in [0.15, 0.2) is 0 Å². The Kier molecular flexibility index (Phi) is 7.86. The van der Waals surface area contributed by atoms with Crippen LogP contribution >= 0.6 is 0 Å². The molecule has 2 aliphatic heterocycles. The number of ether oxygens (including phenoxy) is 1. The molecule has 12 heteroatoms. The van der Waals surface area contributed by atoms with Crippen molar-refractivity contribution in [1.82, 2.24) is 15.3 Å². The van der Waals surface area contributed by atoms with Crippen molar-refractivity contribution in [3.8, 4) is 0 Å². The molecule has 0 bridgehead atoms. The molecule has 0 aromatic carbocycles. The van der Waals surface area contributed by atoms with Crippen molar-refractivity contribution < 1.29 is 27.5 Å². The van der Waals surface area contributed by atoms with Crippen LogP contribution in [0.5, 0.6) is 0 Å². The van der Waals surface area contributed by atoms with Gasteiger partial charge in [-0.1, -0.05) is 13.3 Å². The SMILES string of the molecule is CCCCNC1C=C(N2CCOCC2)N=C(N)N1OS(=O)(=O)O.O. The van der Waals surface area contributed by atoms with Gasteiger partial charge in [-0.05, 0) is 19.0 Å². The van der Waals surface area contributed by atoms with Crippen molar-refractivity contribution in [2.45, 2.75) is 25.9 Å². The third-order valence-corrected chi connectivity index (χ3v) is 3.76. The van der Waals surface area contributed by atoms with Crippen LogP contribution in [0.3, 0.4) is 0 Å². The van der Waals surface area contributed by atoms with Gasteiger partial charge in [-0.3, -0.25) is 9.87 Å². The zero-order valence-electron chi connectivity index (χ0n) is 13.5. The maximum atomic E-state index is 11.0. The number of morpholine rings is 1. The average molecular weight is 367 g/mol. The monoisotopic (exact) mass is 367 g/mol. The highest BCUT2D eigenvalue weighted by molar-refractivity contribution is 7.80. The van der Waals surface area contributed by atoms with Crippen LogP contribution in [0.2, 0.25) is 0 Å². The Morgan fingerprint density at radius 1 is 1.50 bits per heavy atom. The maximum absolute atomic E-state index is 11.0. The summed E-state index contributed by atoms with van der Waals surface area (Å²) in [4.78, 5) is 6.16. The molecule has 0 radical (unpaired) electrons. The van der Waals surface area contributed by atoms with E-state index in [0.29, 0.717) is 38.7 Å². The van der Waals surface area contributed by atoms with Gasteiger partial charge in [0, 0.05) is 13.1 Å². The van der Waals surface area contributed by atoms with Crippen LogP contribution in [0, 0.1) is 0 Å². The fourth-order valence-electron chi connectivity index (χ4n) is 2.28. The molecule has 0 aromatic rings. The Hall–Kier alpha value is -1.44. The Balaban J connectivity index is 0.00000288. The molecule has 11 nitrogen and oxygen atoms in total. The van der Waals surface area contributed by atoms with E-state index in [1.807, 2.05) is 11.8 Å². The van der Waals surface area contributed by atoms with Gasteiger partial charge in [-0.25, -0.2) is 0 Å². The summed E-state index contributed by atoms with van der Waals surface area (Å²) in [5.74, 6) is 0.468. The van der Waals surface area contributed by atoms with Crippen molar-refractivity contribution in [2.75, 3.05) is 32.8 Å². The third-order valence-electron chi connectivity index (χ3n) is 3.41. The minimum atomic E-state index is -4.70. The second kappa shape index (κ2) is 9.15. The first-order chi connectivity index (χ1) is 10.9. The number of guanidine groups is 1. The average Bonchev–Trinajstić information content (AvgIpc) is 2.50. The molecule has 0 aromatic heterocycles. The minimum absolute atomic E-state index is 0. The molecule has 6 N–H and O–H groups in total. The van der Waals surface area contributed by atoms with E-state index in [4.69, 9.17) is 15.0 Å². The minimum Gasteiger partial charge on any atom is -0.412 e. The third kappa shape index (κ3) is 5.89. The maximum Gasteiger partial charge on any atom is 0.418 e. The molecule has 1 unspecified atom stereocenters. The van der Waals surface area contributed by atoms with Crippen LogP contribution < -0.4 is 11.1 Å². The molecule has 1 fully saturated rings. The number of nitrogens with two attached hydrogens (primary N) is 1. The lowest BCUT2D eigenvalue weighted by atomic mass is 10.3. The molecular weight excluding hydrogens is 342 g/mol. The van der Waals surface area contributed by atoms with Crippen LogP contribution in [0.4, 0.5) is 0 Å². The number of rotatable bonds is 7.